The van der Waals surface area contributed by atoms with Crippen LogP contribution in [0.3, 0.4) is 0 Å². The molecular formula is C9H18N2O3. The van der Waals surface area contributed by atoms with Crippen molar-refractivity contribution in [2.75, 3.05) is 19.8 Å². The number of hydrogen-bond donors (Lipinski definition) is 3. The van der Waals surface area contributed by atoms with E-state index in [9.17, 15) is 9.90 Å². The standard InChI is InChI=1S/C9H18N2O3/c10-9(13)6-14-5-4-11-7-2-1-3-8(7)12/h7-8,11-12H,1-6H2,(H2,10,13)/t7-,8-/m0/s1. The van der Waals surface area contributed by atoms with Gasteiger partial charge in [-0.05, 0) is 19.3 Å². The number of amides is 1. The van der Waals surface area contributed by atoms with Gasteiger partial charge in [-0.3, -0.25) is 4.79 Å². The second-order valence-corrected chi connectivity index (χ2v) is 3.58. The van der Waals surface area contributed by atoms with Crippen molar-refractivity contribution in [3.05, 3.63) is 0 Å². The molecule has 0 aromatic rings. The van der Waals surface area contributed by atoms with Crippen LogP contribution in [0.1, 0.15) is 19.3 Å². The average molecular weight is 202 g/mol. The van der Waals surface area contributed by atoms with Crippen molar-refractivity contribution in [1.29, 1.82) is 0 Å². The van der Waals surface area contributed by atoms with E-state index in [1.807, 2.05) is 0 Å². The molecule has 1 amide bonds. The van der Waals surface area contributed by atoms with Crippen LogP contribution in [0.2, 0.25) is 0 Å². The largest absolute Gasteiger partial charge is 0.392 e. The third-order valence-corrected chi connectivity index (χ3v) is 2.38. The Morgan fingerprint density at radius 1 is 1.57 bits per heavy atom. The SMILES string of the molecule is NC(=O)COCCN[C@H]1CCC[C@@H]1O. The van der Waals surface area contributed by atoms with Gasteiger partial charge in [-0.15, -0.1) is 0 Å². The number of carbonyl (C=O) groups is 1. The maximum atomic E-state index is 10.3. The molecule has 5 heteroatoms. The van der Waals surface area contributed by atoms with Gasteiger partial charge in [0.25, 0.3) is 0 Å². The topological polar surface area (TPSA) is 84.6 Å². The summed E-state index contributed by atoms with van der Waals surface area (Å²) in [5, 5.41) is 12.6. The minimum atomic E-state index is -0.453. The second kappa shape index (κ2) is 5.95. The summed E-state index contributed by atoms with van der Waals surface area (Å²) in [6.45, 7) is 1.07. The first-order valence-electron chi connectivity index (χ1n) is 4.97. The number of primary amides is 1. The fourth-order valence-electron chi connectivity index (χ4n) is 1.67. The van der Waals surface area contributed by atoms with Crippen molar-refractivity contribution in [3.8, 4) is 0 Å². The van der Waals surface area contributed by atoms with E-state index in [1.165, 1.54) is 0 Å². The number of aliphatic hydroxyl groups excluding tert-OH is 1. The number of rotatable bonds is 6. The maximum absolute atomic E-state index is 10.3. The molecule has 1 aliphatic carbocycles. The summed E-state index contributed by atoms with van der Waals surface area (Å²) in [6.07, 6.45) is 2.73. The average Bonchev–Trinajstić information content (AvgIpc) is 2.51. The molecule has 5 nitrogen and oxygen atoms in total. The van der Waals surface area contributed by atoms with Gasteiger partial charge in [-0.25, -0.2) is 0 Å². The third kappa shape index (κ3) is 4.04. The molecule has 0 heterocycles. The lowest BCUT2D eigenvalue weighted by molar-refractivity contribution is -0.122. The van der Waals surface area contributed by atoms with E-state index >= 15 is 0 Å². The highest BCUT2D eigenvalue weighted by Crippen LogP contribution is 2.18. The zero-order valence-corrected chi connectivity index (χ0v) is 8.24. The van der Waals surface area contributed by atoms with Crippen LogP contribution < -0.4 is 11.1 Å². The zero-order valence-electron chi connectivity index (χ0n) is 8.24. The van der Waals surface area contributed by atoms with Crippen molar-refractivity contribution < 1.29 is 14.6 Å². The molecule has 14 heavy (non-hydrogen) atoms. The number of nitrogens with two attached hydrogens (primary N) is 1. The first-order chi connectivity index (χ1) is 6.70. The number of ether oxygens (including phenoxy) is 1. The van der Waals surface area contributed by atoms with Gasteiger partial charge in [0.05, 0.1) is 12.7 Å². The van der Waals surface area contributed by atoms with E-state index in [2.05, 4.69) is 5.32 Å². The van der Waals surface area contributed by atoms with Gasteiger partial charge in [0.15, 0.2) is 0 Å². The molecular weight excluding hydrogens is 184 g/mol. The fourth-order valence-corrected chi connectivity index (χ4v) is 1.67. The molecule has 0 aromatic heterocycles. The van der Waals surface area contributed by atoms with E-state index in [-0.39, 0.29) is 18.8 Å². The van der Waals surface area contributed by atoms with Gasteiger partial charge in [-0.2, -0.15) is 0 Å². The Bertz CT molecular complexity index is 187. The molecule has 4 N–H and O–H groups in total. The van der Waals surface area contributed by atoms with E-state index in [0.717, 1.165) is 19.3 Å². The van der Waals surface area contributed by atoms with Gasteiger partial charge in [-0.1, -0.05) is 0 Å². The Balaban J connectivity index is 1.95. The predicted molar refractivity (Wildman–Crippen MR) is 51.7 cm³/mol. The summed E-state index contributed by atoms with van der Waals surface area (Å²) >= 11 is 0. The number of nitrogens with one attached hydrogen (secondary N) is 1. The Hall–Kier alpha value is -0.650. The van der Waals surface area contributed by atoms with Crippen LogP contribution in [0, 0.1) is 0 Å². The summed E-state index contributed by atoms with van der Waals surface area (Å²) < 4.78 is 4.97. The minimum Gasteiger partial charge on any atom is -0.392 e. The monoisotopic (exact) mass is 202 g/mol. The quantitative estimate of drug-likeness (QED) is 0.482. The summed E-state index contributed by atoms with van der Waals surface area (Å²) in [6, 6.07) is 0.187. The van der Waals surface area contributed by atoms with Crippen molar-refractivity contribution in [2.24, 2.45) is 5.73 Å². The lowest BCUT2D eigenvalue weighted by Gasteiger charge is -2.15. The minimum absolute atomic E-state index is 0.0328. The van der Waals surface area contributed by atoms with Gasteiger partial charge in [0.2, 0.25) is 5.91 Å². The molecule has 1 rings (SSSR count). The Labute approximate surface area is 83.6 Å². The number of aliphatic hydroxyl groups is 1. The van der Waals surface area contributed by atoms with Crippen LogP contribution in [0.5, 0.6) is 0 Å². The molecule has 0 saturated heterocycles. The van der Waals surface area contributed by atoms with Crippen molar-refractivity contribution in [2.45, 2.75) is 31.4 Å². The molecule has 0 bridgehead atoms. The smallest absolute Gasteiger partial charge is 0.243 e. The summed E-state index contributed by atoms with van der Waals surface area (Å²) in [5.41, 5.74) is 4.89. The first-order valence-corrected chi connectivity index (χ1v) is 4.97. The van der Waals surface area contributed by atoms with Crippen molar-refractivity contribution in [1.82, 2.24) is 5.32 Å². The molecule has 1 aliphatic rings. The fraction of sp³-hybridized carbons (Fsp3) is 0.889. The molecule has 1 fully saturated rings. The molecule has 82 valence electrons. The molecule has 0 radical (unpaired) electrons. The summed E-state index contributed by atoms with van der Waals surface area (Å²) in [4.78, 5) is 10.3. The van der Waals surface area contributed by atoms with E-state index in [1.54, 1.807) is 0 Å². The van der Waals surface area contributed by atoms with Crippen molar-refractivity contribution in [3.63, 3.8) is 0 Å². The van der Waals surface area contributed by atoms with E-state index < -0.39 is 5.91 Å². The van der Waals surface area contributed by atoms with Gasteiger partial charge in [0, 0.05) is 12.6 Å². The van der Waals surface area contributed by atoms with E-state index in [0.29, 0.717) is 13.2 Å². The Morgan fingerprint density at radius 2 is 2.36 bits per heavy atom. The highest BCUT2D eigenvalue weighted by Gasteiger charge is 2.23. The van der Waals surface area contributed by atoms with Crippen LogP contribution in [-0.2, 0) is 9.53 Å². The molecule has 0 spiro atoms. The lowest BCUT2D eigenvalue weighted by atomic mass is 10.2. The maximum Gasteiger partial charge on any atom is 0.243 e. The Morgan fingerprint density at radius 3 is 2.93 bits per heavy atom. The number of carbonyl (C=O) groups excluding carboxylic acids is 1. The zero-order chi connectivity index (χ0) is 10.4. The predicted octanol–water partition coefficient (Wildman–Crippen LogP) is -1.01. The molecule has 1 saturated carbocycles. The summed E-state index contributed by atoms with van der Waals surface area (Å²) in [5.74, 6) is -0.453. The highest BCUT2D eigenvalue weighted by atomic mass is 16.5. The second-order valence-electron chi connectivity index (χ2n) is 3.58. The number of hydrogen-bond acceptors (Lipinski definition) is 4. The van der Waals surface area contributed by atoms with Gasteiger partial charge >= 0.3 is 0 Å². The lowest BCUT2D eigenvalue weighted by Crippen LogP contribution is -2.37. The Kier molecular flexibility index (Phi) is 4.86. The summed E-state index contributed by atoms with van der Waals surface area (Å²) in [7, 11) is 0. The normalized spacial score (nSPS) is 26.6. The van der Waals surface area contributed by atoms with Crippen LogP contribution >= 0.6 is 0 Å². The molecule has 2 atom stereocenters. The van der Waals surface area contributed by atoms with Crippen LogP contribution in [0.15, 0.2) is 0 Å². The highest BCUT2D eigenvalue weighted by molar-refractivity contribution is 5.74. The first kappa shape index (κ1) is 11.4. The molecule has 0 unspecified atom stereocenters. The van der Waals surface area contributed by atoms with Crippen LogP contribution in [0.4, 0.5) is 0 Å². The molecule has 0 aromatic carbocycles. The van der Waals surface area contributed by atoms with Crippen LogP contribution in [0.25, 0.3) is 0 Å². The van der Waals surface area contributed by atoms with E-state index in [4.69, 9.17) is 10.5 Å². The van der Waals surface area contributed by atoms with Gasteiger partial charge in [0.1, 0.15) is 6.61 Å². The van der Waals surface area contributed by atoms with Crippen molar-refractivity contribution >= 4 is 5.91 Å². The third-order valence-electron chi connectivity index (χ3n) is 2.38. The van der Waals surface area contributed by atoms with Crippen LogP contribution in [-0.4, -0.2) is 42.9 Å². The molecule has 0 aliphatic heterocycles. The van der Waals surface area contributed by atoms with Gasteiger partial charge < -0.3 is 20.9 Å².